The van der Waals surface area contributed by atoms with Crippen LogP contribution in [0.15, 0.2) is 85.1 Å². The van der Waals surface area contributed by atoms with Gasteiger partial charge in [0.1, 0.15) is 73.2 Å². The monoisotopic (exact) mass is 1430 g/mol. The van der Waals surface area contributed by atoms with E-state index in [1.54, 1.807) is 0 Å². The quantitative estimate of drug-likeness (QED) is 0.0199. The average molecular weight is 1430 g/mol. The number of ether oxygens (including phenoxy) is 6. The molecule has 3 aliphatic rings. The molecule has 3 aliphatic heterocycles. The predicted molar refractivity (Wildman–Crippen MR) is 401 cm³/mol. The molecule has 0 aliphatic carbocycles. The van der Waals surface area contributed by atoms with Crippen molar-refractivity contribution in [2.45, 2.75) is 401 Å². The molecule has 3 rings (SSSR count). The van der Waals surface area contributed by atoms with Gasteiger partial charge in [-0.15, -0.1) is 0 Å². The molecule has 0 aromatic rings. The number of aliphatic hydroxyl groups is 11. The van der Waals surface area contributed by atoms with Crippen molar-refractivity contribution in [3.05, 3.63) is 85.1 Å². The van der Waals surface area contributed by atoms with Crippen LogP contribution in [0, 0.1) is 0 Å². The van der Waals surface area contributed by atoms with Crippen molar-refractivity contribution in [3.63, 3.8) is 0 Å². The van der Waals surface area contributed by atoms with E-state index < -0.39 is 124 Å². The maximum atomic E-state index is 13.5. The van der Waals surface area contributed by atoms with Crippen molar-refractivity contribution < 1.29 is 89.4 Å². The molecule has 101 heavy (non-hydrogen) atoms. The van der Waals surface area contributed by atoms with Crippen LogP contribution >= 0.6 is 0 Å². The van der Waals surface area contributed by atoms with Crippen molar-refractivity contribution in [1.82, 2.24) is 5.32 Å². The summed E-state index contributed by atoms with van der Waals surface area (Å²) in [4.78, 5) is 13.5. The minimum atomic E-state index is -1.98. The van der Waals surface area contributed by atoms with Crippen molar-refractivity contribution in [1.29, 1.82) is 0 Å². The fraction of sp³-hybridized carbons (Fsp3) is 0.817. The first-order chi connectivity index (χ1) is 49.3. The zero-order chi connectivity index (χ0) is 73.2. The van der Waals surface area contributed by atoms with Gasteiger partial charge in [-0.05, 0) is 70.6 Å². The Morgan fingerprint density at radius 3 is 1.07 bits per heavy atom. The Morgan fingerprint density at radius 2 is 0.683 bits per heavy atom. The van der Waals surface area contributed by atoms with Gasteiger partial charge in [-0.3, -0.25) is 4.79 Å². The topological polar surface area (TPSA) is 307 Å². The maximum absolute atomic E-state index is 13.5. The van der Waals surface area contributed by atoms with Gasteiger partial charge in [0.2, 0.25) is 5.91 Å². The summed E-state index contributed by atoms with van der Waals surface area (Å²) in [6, 6.07) is -0.893. The standard InChI is InChI=1S/C82H145NO18/c1-3-5-7-9-11-13-15-17-19-21-23-25-26-27-28-29-30-31-32-33-34-35-36-37-38-40-42-44-46-48-50-52-54-56-58-60-70(88)83-65(66(87)59-57-55-53-51-49-47-45-43-41-39-24-22-20-18-16-14-12-10-8-6-4-2)64-96-80-76(94)73(91)78(68(62-85)98-80)101-82-77(95)74(92)79(69(63-86)99-82)100-81-75(93)72(90)71(89)67(61-84)97-81/h5,7,11,13,17,19,23,25,27-28,30-31,33-34,65-69,71-82,84-87,89-95H,3-4,6,8-10,12,14-16,18,20-22,24,26,29,32,35-64H2,1-2H3,(H,83,88)/b7-5-,13-11-,19-17-,25-23-,28-27-,31-30-,34-33-. The summed E-state index contributed by atoms with van der Waals surface area (Å²) in [5, 5.41) is 121. The molecule has 3 fully saturated rings. The van der Waals surface area contributed by atoms with Crippen LogP contribution in [0.1, 0.15) is 296 Å². The average Bonchev–Trinajstić information content (AvgIpc) is 0.782. The van der Waals surface area contributed by atoms with Gasteiger partial charge in [0, 0.05) is 6.42 Å². The highest BCUT2D eigenvalue weighted by molar-refractivity contribution is 5.76. The highest BCUT2D eigenvalue weighted by Gasteiger charge is 2.54. The minimum Gasteiger partial charge on any atom is -0.394 e. The van der Waals surface area contributed by atoms with Gasteiger partial charge < -0.3 is 89.9 Å². The molecular weight excluding hydrogens is 1290 g/mol. The molecule has 0 spiro atoms. The third kappa shape index (κ3) is 42.2. The van der Waals surface area contributed by atoms with Crippen LogP contribution in [-0.4, -0.2) is 193 Å². The van der Waals surface area contributed by atoms with Crippen molar-refractivity contribution in [2.75, 3.05) is 26.4 Å². The molecule has 1 amide bonds. The molecule has 17 unspecified atom stereocenters. The number of carbonyl (C=O) groups excluding carboxylic acids is 1. The smallest absolute Gasteiger partial charge is 0.220 e. The number of allylic oxidation sites excluding steroid dienone is 14. The number of rotatable bonds is 63. The van der Waals surface area contributed by atoms with Gasteiger partial charge in [0.05, 0.1) is 38.6 Å². The summed E-state index contributed by atoms with van der Waals surface area (Å²) >= 11 is 0. The second kappa shape index (κ2) is 62.1. The molecule has 0 aromatic carbocycles. The Hall–Kier alpha value is -3.03. The second-order valence-electron chi connectivity index (χ2n) is 28.5. The van der Waals surface area contributed by atoms with Crippen LogP contribution in [0.3, 0.4) is 0 Å². The van der Waals surface area contributed by atoms with E-state index in [4.69, 9.17) is 28.4 Å². The number of aliphatic hydroxyl groups excluding tert-OH is 11. The van der Waals surface area contributed by atoms with E-state index in [1.165, 1.54) is 167 Å². The van der Waals surface area contributed by atoms with Crippen LogP contribution in [0.25, 0.3) is 0 Å². The fourth-order valence-electron chi connectivity index (χ4n) is 13.3. The Kier molecular flexibility index (Phi) is 56.6. The zero-order valence-corrected chi connectivity index (χ0v) is 62.6. The first kappa shape index (κ1) is 92.2. The molecule has 19 nitrogen and oxygen atoms in total. The second-order valence-corrected chi connectivity index (χ2v) is 28.5. The van der Waals surface area contributed by atoms with Crippen LogP contribution < -0.4 is 5.32 Å². The minimum absolute atomic E-state index is 0.244. The van der Waals surface area contributed by atoms with Gasteiger partial charge in [0.15, 0.2) is 18.9 Å². The summed E-state index contributed by atoms with van der Waals surface area (Å²) in [5.74, 6) is -0.244. The van der Waals surface area contributed by atoms with Crippen LogP contribution in [-0.2, 0) is 33.2 Å². The summed E-state index contributed by atoms with van der Waals surface area (Å²) in [5.41, 5.74) is 0. The van der Waals surface area contributed by atoms with E-state index in [9.17, 15) is 61.0 Å². The molecule has 17 atom stereocenters. The van der Waals surface area contributed by atoms with Crippen molar-refractivity contribution >= 4 is 5.91 Å². The van der Waals surface area contributed by atoms with Crippen molar-refractivity contribution in [3.8, 4) is 0 Å². The molecule has 0 aromatic heterocycles. The summed E-state index contributed by atoms with van der Waals surface area (Å²) in [6.45, 7) is 1.71. The van der Waals surface area contributed by atoms with Crippen LogP contribution in [0.2, 0.25) is 0 Å². The van der Waals surface area contributed by atoms with Gasteiger partial charge in [-0.1, -0.05) is 304 Å². The molecule has 586 valence electrons. The lowest BCUT2D eigenvalue weighted by Gasteiger charge is -2.48. The molecule has 3 saturated heterocycles. The Morgan fingerprint density at radius 1 is 0.366 bits per heavy atom. The predicted octanol–water partition coefficient (Wildman–Crippen LogP) is 13.4. The van der Waals surface area contributed by atoms with E-state index in [2.05, 4.69) is 104 Å². The number of unbranched alkanes of at least 4 members (excludes halogenated alkanes) is 33. The first-order valence-corrected chi connectivity index (χ1v) is 40.3. The zero-order valence-electron chi connectivity index (χ0n) is 62.6. The number of hydrogen-bond donors (Lipinski definition) is 12. The third-order valence-electron chi connectivity index (χ3n) is 19.7. The first-order valence-electron chi connectivity index (χ1n) is 40.3. The van der Waals surface area contributed by atoms with Gasteiger partial charge in [0.25, 0.3) is 0 Å². The highest BCUT2D eigenvalue weighted by Crippen LogP contribution is 2.33. The van der Waals surface area contributed by atoms with Crippen LogP contribution in [0.5, 0.6) is 0 Å². The molecular formula is C82H145NO18. The Balaban J connectivity index is 1.35. The van der Waals surface area contributed by atoms with Gasteiger partial charge >= 0.3 is 0 Å². The molecule has 0 bridgehead atoms. The molecule has 19 heteroatoms. The summed E-state index contributed by atoms with van der Waals surface area (Å²) in [7, 11) is 0. The fourth-order valence-corrected chi connectivity index (χ4v) is 13.3. The molecule has 3 heterocycles. The van der Waals surface area contributed by atoms with E-state index >= 15 is 0 Å². The molecule has 0 saturated carbocycles. The number of hydrogen-bond acceptors (Lipinski definition) is 18. The largest absolute Gasteiger partial charge is 0.394 e. The Bertz CT molecular complexity index is 2150. The summed E-state index contributed by atoms with van der Waals surface area (Å²) in [6.07, 6.45) is 55.2. The SMILES string of the molecule is CC/C=C\C/C=C\C/C=C\C/C=C\C/C=C\C/C=C\C/C=C\CCCCCCCCCCCCCCCC(=O)NC(COC1OC(CO)C(OC2OC(CO)C(OC3OC(CO)C(O)C(O)C3O)C(O)C2O)C(O)C1O)C(O)CCCCCCCCCCCCCCCCCCCCCCC. The van der Waals surface area contributed by atoms with E-state index in [-0.39, 0.29) is 18.9 Å². The van der Waals surface area contributed by atoms with Gasteiger partial charge in [-0.25, -0.2) is 0 Å². The lowest BCUT2D eigenvalue weighted by molar-refractivity contribution is -0.379. The lowest BCUT2D eigenvalue weighted by atomic mass is 9.96. The number of carbonyl (C=O) groups is 1. The summed E-state index contributed by atoms with van der Waals surface area (Å²) < 4.78 is 34.5. The molecule has 0 radical (unpaired) electrons. The Labute approximate surface area is 610 Å². The van der Waals surface area contributed by atoms with Gasteiger partial charge in [-0.2, -0.15) is 0 Å². The normalized spacial score (nSPS) is 26.8. The van der Waals surface area contributed by atoms with Crippen molar-refractivity contribution in [2.24, 2.45) is 0 Å². The third-order valence-corrected chi connectivity index (χ3v) is 19.7. The molecule has 12 N–H and O–H groups in total. The van der Waals surface area contributed by atoms with Crippen LogP contribution in [0.4, 0.5) is 0 Å². The number of amides is 1. The van der Waals surface area contributed by atoms with E-state index in [0.29, 0.717) is 12.8 Å². The van der Waals surface area contributed by atoms with E-state index in [0.717, 1.165) is 96.3 Å². The highest BCUT2D eigenvalue weighted by atomic mass is 16.8. The maximum Gasteiger partial charge on any atom is 0.220 e. The van der Waals surface area contributed by atoms with E-state index in [1.807, 2.05) is 0 Å². The number of nitrogens with one attached hydrogen (secondary N) is 1. The lowest BCUT2D eigenvalue weighted by Crippen LogP contribution is -2.66.